The van der Waals surface area contributed by atoms with E-state index in [4.69, 9.17) is 0 Å². The molecule has 1 unspecified atom stereocenters. The number of amides is 1. The van der Waals surface area contributed by atoms with Crippen molar-refractivity contribution >= 4 is 5.91 Å². The van der Waals surface area contributed by atoms with Crippen LogP contribution in [0.4, 0.5) is 0 Å². The quantitative estimate of drug-likeness (QED) is 0.846. The molecule has 3 heterocycles. The Hall–Kier alpha value is -0.610. The molecule has 0 radical (unpaired) electrons. The van der Waals surface area contributed by atoms with Crippen molar-refractivity contribution < 1.29 is 4.79 Å². The van der Waals surface area contributed by atoms with E-state index < -0.39 is 0 Å². The Morgan fingerprint density at radius 3 is 2.29 bits per heavy atom. The summed E-state index contributed by atoms with van der Waals surface area (Å²) in [7, 11) is 0. The van der Waals surface area contributed by atoms with Crippen LogP contribution < -0.4 is 5.32 Å². The average Bonchev–Trinajstić information content (AvgIpc) is 2.84. The molecule has 21 heavy (non-hydrogen) atoms. The summed E-state index contributed by atoms with van der Waals surface area (Å²) < 4.78 is 0. The van der Waals surface area contributed by atoms with E-state index in [1.54, 1.807) is 0 Å². The minimum atomic E-state index is 0.0963. The van der Waals surface area contributed by atoms with Gasteiger partial charge in [0, 0.05) is 19.1 Å². The smallest absolute Gasteiger partial charge is 0.239 e. The van der Waals surface area contributed by atoms with Gasteiger partial charge < -0.3 is 15.1 Å². The van der Waals surface area contributed by atoms with E-state index in [-0.39, 0.29) is 6.04 Å². The molecule has 0 aromatic carbocycles. The van der Waals surface area contributed by atoms with Crippen LogP contribution in [-0.2, 0) is 4.79 Å². The highest BCUT2D eigenvalue weighted by Crippen LogP contribution is 2.22. The predicted octanol–water partition coefficient (Wildman–Crippen LogP) is 2.00. The topological polar surface area (TPSA) is 35.6 Å². The zero-order valence-corrected chi connectivity index (χ0v) is 13.4. The standard InChI is InChI=1S/C17H31N3O/c21-17(16-7-3-1-4-10-18-16)20-13-8-15(9-14-20)19-11-5-2-6-12-19/h15-16,18H,1-14H2. The Morgan fingerprint density at radius 1 is 0.810 bits per heavy atom. The molecule has 1 N–H and O–H groups in total. The molecule has 3 rings (SSSR count). The lowest BCUT2D eigenvalue weighted by Gasteiger charge is -2.41. The molecular formula is C17H31N3O. The summed E-state index contributed by atoms with van der Waals surface area (Å²) in [5, 5.41) is 3.45. The average molecular weight is 293 g/mol. The number of hydrogen-bond acceptors (Lipinski definition) is 3. The number of likely N-dealkylation sites (tertiary alicyclic amines) is 2. The summed E-state index contributed by atoms with van der Waals surface area (Å²) in [5.41, 5.74) is 0. The molecule has 1 amide bonds. The van der Waals surface area contributed by atoms with E-state index in [2.05, 4.69) is 15.1 Å². The van der Waals surface area contributed by atoms with E-state index in [0.717, 1.165) is 32.1 Å². The fourth-order valence-corrected chi connectivity index (χ4v) is 4.19. The van der Waals surface area contributed by atoms with Crippen LogP contribution in [0.25, 0.3) is 0 Å². The molecule has 0 spiro atoms. The summed E-state index contributed by atoms with van der Waals surface area (Å²) in [5.74, 6) is 0.369. The Kier molecular flexibility index (Phi) is 5.53. The molecule has 0 saturated carbocycles. The Labute approximate surface area is 129 Å². The third kappa shape index (κ3) is 3.98. The molecule has 120 valence electrons. The summed E-state index contributed by atoms with van der Waals surface area (Å²) in [6.07, 6.45) is 11.2. The van der Waals surface area contributed by atoms with Crippen LogP contribution in [0.15, 0.2) is 0 Å². The van der Waals surface area contributed by atoms with Crippen molar-refractivity contribution in [3.05, 3.63) is 0 Å². The molecular weight excluding hydrogens is 262 g/mol. The van der Waals surface area contributed by atoms with Crippen LogP contribution in [0, 0.1) is 0 Å². The van der Waals surface area contributed by atoms with Crippen molar-refractivity contribution in [3.63, 3.8) is 0 Å². The molecule has 3 aliphatic rings. The van der Waals surface area contributed by atoms with E-state index in [1.165, 1.54) is 64.5 Å². The van der Waals surface area contributed by atoms with Crippen molar-refractivity contribution in [2.75, 3.05) is 32.7 Å². The van der Waals surface area contributed by atoms with Crippen molar-refractivity contribution in [1.82, 2.24) is 15.1 Å². The van der Waals surface area contributed by atoms with Crippen LogP contribution in [0.5, 0.6) is 0 Å². The first-order chi connectivity index (χ1) is 10.3. The van der Waals surface area contributed by atoms with Crippen molar-refractivity contribution in [2.45, 2.75) is 69.9 Å². The summed E-state index contributed by atoms with van der Waals surface area (Å²) in [6, 6.07) is 0.829. The van der Waals surface area contributed by atoms with Crippen molar-refractivity contribution in [2.24, 2.45) is 0 Å². The maximum atomic E-state index is 12.6. The van der Waals surface area contributed by atoms with Gasteiger partial charge in [-0.1, -0.05) is 19.3 Å². The first-order valence-electron chi connectivity index (χ1n) is 9.11. The first kappa shape index (κ1) is 15.3. The van der Waals surface area contributed by atoms with Crippen LogP contribution in [0.2, 0.25) is 0 Å². The van der Waals surface area contributed by atoms with Gasteiger partial charge in [-0.05, 0) is 58.2 Å². The fourth-order valence-electron chi connectivity index (χ4n) is 4.19. The van der Waals surface area contributed by atoms with E-state index >= 15 is 0 Å². The lowest BCUT2D eigenvalue weighted by Crippen LogP contribution is -2.52. The number of hydrogen-bond donors (Lipinski definition) is 1. The third-order valence-corrected chi connectivity index (χ3v) is 5.54. The van der Waals surface area contributed by atoms with Gasteiger partial charge in [0.25, 0.3) is 0 Å². The van der Waals surface area contributed by atoms with Gasteiger partial charge in [-0.3, -0.25) is 4.79 Å². The highest BCUT2D eigenvalue weighted by molar-refractivity contribution is 5.82. The lowest BCUT2D eigenvalue weighted by atomic mass is 9.99. The maximum Gasteiger partial charge on any atom is 0.239 e. The molecule has 3 aliphatic heterocycles. The van der Waals surface area contributed by atoms with Crippen LogP contribution in [0.1, 0.15) is 57.8 Å². The summed E-state index contributed by atoms with van der Waals surface area (Å²) in [6.45, 7) is 5.52. The molecule has 3 saturated heterocycles. The number of nitrogens with one attached hydrogen (secondary N) is 1. The second-order valence-corrected chi connectivity index (χ2v) is 7.01. The third-order valence-electron chi connectivity index (χ3n) is 5.54. The van der Waals surface area contributed by atoms with Crippen LogP contribution in [-0.4, -0.2) is 60.5 Å². The number of nitrogens with zero attached hydrogens (tertiary/aromatic N) is 2. The zero-order chi connectivity index (χ0) is 14.5. The normalized spacial score (nSPS) is 30.1. The highest BCUT2D eigenvalue weighted by Gasteiger charge is 2.30. The van der Waals surface area contributed by atoms with E-state index in [0.29, 0.717) is 5.91 Å². The Morgan fingerprint density at radius 2 is 1.52 bits per heavy atom. The number of carbonyl (C=O) groups is 1. The van der Waals surface area contributed by atoms with Crippen molar-refractivity contribution in [3.8, 4) is 0 Å². The van der Waals surface area contributed by atoms with E-state index in [1.807, 2.05) is 0 Å². The second kappa shape index (κ2) is 7.59. The molecule has 0 aliphatic carbocycles. The molecule has 0 aromatic heterocycles. The number of carbonyl (C=O) groups excluding carboxylic acids is 1. The van der Waals surface area contributed by atoms with Gasteiger partial charge >= 0.3 is 0 Å². The van der Waals surface area contributed by atoms with Gasteiger partial charge in [-0.15, -0.1) is 0 Å². The van der Waals surface area contributed by atoms with Gasteiger partial charge in [0.05, 0.1) is 6.04 Å². The zero-order valence-electron chi connectivity index (χ0n) is 13.4. The van der Waals surface area contributed by atoms with Gasteiger partial charge in [-0.2, -0.15) is 0 Å². The predicted molar refractivity (Wildman–Crippen MR) is 85.3 cm³/mol. The Balaban J connectivity index is 1.46. The van der Waals surface area contributed by atoms with Gasteiger partial charge in [0.1, 0.15) is 0 Å². The first-order valence-corrected chi connectivity index (χ1v) is 9.11. The van der Waals surface area contributed by atoms with Gasteiger partial charge in [-0.25, -0.2) is 0 Å². The fraction of sp³-hybridized carbons (Fsp3) is 0.941. The van der Waals surface area contributed by atoms with Gasteiger partial charge in [0.15, 0.2) is 0 Å². The molecule has 1 atom stereocenters. The highest BCUT2D eigenvalue weighted by atomic mass is 16.2. The second-order valence-electron chi connectivity index (χ2n) is 7.01. The Bertz CT molecular complexity index is 325. The molecule has 4 heteroatoms. The molecule has 4 nitrogen and oxygen atoms in total. The lowest BCUT2D eigenvalue weighted by molar-refractivity contribution is -0.135. The van der Waals surface area contributed by atoms with Gasteiger partial charge in [0.2, 0.25) is 5.91 Å². The van der Waals surface area contributed by atoms with Crippen LogP contribution >= 0.6 is 0 Å². The maximum absolute atomic E-state index is 12.6. The molecule has 0 aromatic rings. The molecule has 3 fully saturated rings. The SMILES string of the molecule is O=C(C1CCCCCN1)N1CCC(N2CCCCC2)CC1. The number of piperidine rings is 2. The number of rotatable bonds is 2. The minimum Gasteiger partial charge on any atom is -0.341 e. The monoisotopic (exact) mass is 293 g/mol. The largest absolute Gasteiger partial charge is 0.341 e. The van der Waals surface area contributed by atoms with E-state index in [9.17, 15) is 4.79 Å². The van der Waals surface area contributed by atoms with Crippen molar-refractivity contribution in [1.29, 1.82) is 0 Å². The molecule has 0 bridgehead atoms. The summed E-state index contributed by atoms with van der Waals surface area (Å²) in [4.78, 5) is 17.4. The summed E-state index contributed by atoms with van der Waals surface area (Å²) >= 11 is 0. The van der Waals surface area contributed by atoms with Crippen LogP contribution in [0.3, 0.4) is 0 Å². The minimum absolute atomic E-state index is 0.0963.